The van der Waals surface area contributed by atoms with Crippen LogP contribution in [-0.4, -0.2) is 17.1 Å². The second kappa shape index (κ2) is 3.80. The van der Waals surface area contributed by atoms with Gasteiger partial charge < -0.3 is 5.11 Å². The van der Waals surface area contributed by atoms with E-state index in [2.05, 4.69) is 5.32 Å². The van der Waals surface area contributed by atoms with Crippen molar-refractivity contribution in [2.24, 2.45) is 0 Å². The number of carboxylic acid groups (broad SMARTS) is 1. The molecule has 74 valence electrons. The van der Waals surface area contributed by atoms with Gasteiger partial charge in [-0.15, -0.1) is 0 Å². The van der Waals surface area contributed by atoms with Gasteiger partial charge in [-0.1, -0.05) is 30.3 Å². The number of carboxylic acids is 1. The number of hydrogen-bond donors (Lipinski definition) is 2. The summed E-state index contributed by atoms with van der Waals surface area (Å²) in [5.41, 5.74) is 1.18. The van der Waals surface area contributed by atoms with E-state index in [-0.39, 0.29) is 12.1 Å². The summed E-state index contributed by atoms with van der Waals surface area (Å²) in [5, 5.41) is 11.9. The van der Waals surface area contributed by atoms with Crippen LogP contribution in [0.25, 0.3) is 0 Å². The number of rotatable bonds is 2. The van der Waals surface area contributed by atoms with Crippen LogP contribution in [0.1, 0.15) is 24.4 Å². The first-order valence-electron chi connectivity index (χ1n) is 4.81. The molecule has 0 spiro atoms. The predicted octanol–water partition coefficient (Wildman–Crippen LogP) is 1.56. The lowest BCUT2D eigenvalue weighted by Crippen LogP contribution is -2.31. The molecule has 14 heavy (non-hydrogen) atoms. The summed E-state index contributed by atoms with van der Waals surface area (Å²) in [4.78, 5) is 10.7. The van der Waals surface area contributed by atoms with Gasteiger partial charge in [0.2, 0.25) is 0 Å². The fraction of sp³-hybridized carbons (Fsp3) is 0.364. The molecule has 0 aromatic heterocycles. The minimum atomic E-state index is -0.747. The zero-order valence-electron chi connectivity index (χ0n) is 7.81. The molecule has 1 aliphatic rings. The molecular weight excluding hydrogens is 178 g/mol. The summed E-state index contributed by atoms with van der Waals surface area (Å²) >= 11 is 0. The second-order valence-corrected chi connectivity index (χ2v) is 3.60. The first kappa shape index (κ1) is 9.21. The fourth-order valence-electron chi connectivity index (χ4n) is 1.89. The average molecular weight is 191 g/mol. The van der Waals surface area contributed by atoms with Crippen LogP contribution < -0.4 is 5.32 Å². The Morgan fingerprint density at radius 3 is 2.57 bits per heavy atom. The van der Waals surface area contributed by atoms with Crippen LogP contribution in [-0.2, 0) is 4.79 Å². The normalized spacial score (nSPS) is 26.3. The lowest BCUT2D eigenvalue weighted by molar-refractivity contribution is -0.139. The minimum absolute atomic E-state index is 0.206. The van der Waals surface area contributed by atoms with Crippen LogP contribution >= 0.6 is 0 Å². The molecule has 0 bridgehead atoms. The Morgan fingerprint density at radius 2 is 2.00 bits per heavy atom. The zero-order chi connectivity index (χ0) is 9.97. The first-order chi connectivity index (χ1) is 6.77. The second-order valence-electron chi connectivity index (χ2n) is 3.60. The molecule has 1 aliphatic heterocycles. The van der Waals surface area contributed by atoms with E-state index < -0.39 is 5.97 Å². The Morgan fingerprint density at radius 1 is 1.29 bits per heavy atom. The topological polar surface area (TPSA) is 49.3 Å². The molecule has 2 atom stereocenters. The summed E-state index contributed by atoms with van der Waals surface area (Å²) in [6.07, 6.45) is 1.62. The van der Waals surface area contributed by atoms with E-state index in [0.29, 0.717) is 0 Å². The summed E-state index contributed by atoms with van der Waals surface area (Å²) < 4.78 is 0. The molecule has 3 heteroatoms. The third kappa shape index (κ3) is 1.77. The SMILES string of the molecule is O=C(O)[C@@H]1CC[C@H](c2ccccc2)N1. The van der Waals surface area contributed by atoms with Gasteiger partial charge >= 0.3 is 5.97 Å². The van der Waals surface area contributed by atoms with E-state index in [4.69, 9.17) is 5.11 Å². The van der Waals surface area contributed by atoms with E-state index >= 15 is 0 Å². The van der Waals surface area contributed by atoms with Crippen molar-refractivity contribution < 1.29 is 9.90 Å². The van der Waals surface area contributed by atoms with Crippen LogP contribution in [0.3, 0.4) is 0 Å². The molecule has 0 aliphatic carbocycles. The van der Waals surface area contributed by atoms with Gasteiger partial charge in [0, 0.05) is 6.04 Å². The van der Waals surface area contributed by atoms with Crippen molar-refractivity contribution >= 4 is 5.97 Å². The van der Waals surface area contributed by atoms with Crippen molar-refractivity contribution in [3.8, 4) is 0 Å². The first-order valence-corrected chi connectivity index (χ1v) is 4.81. The largest absolute Gasteiger partial charge is 0.480 e. The molecule has 0 unspecified atom stereocenters. The van der Waals surface area contributed by atoms with Gasteiger partial charge in [-0.05, 0) is 18.4 Å². The van der Waals surface area contributed by atoms with Crippen LogP contribution in [0.15, 0.2) is 30.3 Å². The molecular formula is C11H13NO2. The molecule has 1 aromatic carbocycles. The molecule has 1 saturated heterocycles. The highest BCUT2D eigenvalue weighted by Gasteiger charge is 2.29. The number of benzene rings is 1. The molecule has 0 amide bonds. The summed E-state index contributed by atoms with van der Waals surface area (Å²) in [6, 6.07) is 9.81. The third-order valence-corrected chi connectivity index (χ3v) is 2.65. The van der Waals surface area contributed by atoms with Crippen LogP contribution in [0, 0.1) is 0 Å². The van der Waals surface area contributed by atoms with Crippen molar-refractivity contribution in [3.63, 3.8) is 0 Å². The highest BCUT2D eigenvalue weighted by molar-refractivity contribution is 5.73. The number of hydrogen-bond acceptors (Lipinski definition) is 2. The number of aliphatic carboxylic acids is 1. The number of carbonyl (C=O) groups is 1. The molecule has 2 N–H and O–H groups in total. The van der Waals surface area contributed by atoms with Gasteiger partial charge in [-0.2, -0.15) is 0 Å². The predicted molar refractivity (Wildman–Crippen MR) is 53.0 cm³/mol. The zero-order valence-corrected chi connectivity index (χ0v) is 7.81. The highest BCUT2D eigenvalue weighted by atomic mass is 16.4. The van der Waals surface area contributed by atoms with Crippen LogP contribution in [0.4, 0.5) is 0 Å². The van der Waals surface area contributed by atoms with Gasteiger partial charge in [0.15, 0.2) is 0 Å². The van der Waals surface area contributed by atoms with Crippen molar-refractivity contribution in [3.05, 3.63) is 35.9 Å². The van der Waals surface area contributed by atoms with E-state index in [9.17, 15) is 4.79 Å². The summed E-state index contributed by atoms with van der Waals surface area (Å²) in [7, 11) is 0. The molecule has 1 aromatic rings. The van der Waals surface area contributed by atoms with E-state index in [1.54, 1.807) is 0 Å². The van der Waals surface area contributed by atoms with E-state index in [0.717, 1.165) is 12.8 Å². The van der Waals surface area contributed by atoms with Gasteiger partial charge in [0.05, 0.1) is 0 Å². The maximum atomic E-state index is 10.7. The average Bonchev–Trinajstić information content (AvgIpc) is 2.68. The smallest absolute Gasteiger partial charge is 0.320 e. The van der Waals surface area contributed by atoms with Crippen LogP contribution in [0.5, 0.6) is 0 Å². The van der Waals surface area contributed by atoms with Gasteiger partial charge in [0.1, 0.15) is 6.04 Å². The molecule has 2 rings (SSSR count). The number of nitrogens with one attached hydrogen (secondary N) is 1. The Hall–Kier alpha value is -1.35. The molecule has 0 radical (unpaired) electrons. The van der Waals surface area contributed by atoms with Crippen LogP contribution in [0.2, 0.25) is 0 Å². The standard InChI is InChI=1S/C11H13NO2/c13-11(14)10-7-6-9(12-10)8-4-2-1-3-5-8/h1-5,9-10,12H,6-7H2,(H,13,14)/t9-,10+/m1/s1. The Labute approximate surface area is 82.8 Å². The maximum Gasteiger partial charge on any atom is 0.320 e. The molecule has 3 nitrogen and oxygen atoms in total. The minimum Gasteiger partial charge on any atom is -0.480 e. The quantitative estimate of drug-likeness (QED) is 0.746. The Bertz CT molecular complexity index is 323. The van der Waals surface area contributed by atoms with Gasteiger partial charge in [-0.25, -0.2) is 0 Å². The Balaban J connectivity index is 2.06. The lowest BCUT2D eigenvalue weighted by atomic mass is 10.1. The molecule has 1 fully saturated rings. The van der Waals surface area contributed by atoms with Crippen molar-refractivity contribution in [2.45, 2.75) is 24.9 Å². The fourth-order valence-corrected chi connectivity index (χ4v) is 1.89. The Kier molecular flexibility index (Phi) is 2.50. The van der Waals surface area contributed by atoms with E-state index in [1.807, 2.05) is 30.3 Å². The lowest BCUT2D eigenvalue weighted by Gasteiger charge is -2.11. The summed E-state index contributed by atoms with van der Waals surface area (Å²) in [6.45, 7) is 0. The van der Waals surface area contributed by atoms with Gasteiger partial charge in [-0.3, -0.25) is 10.1 Å². The summed E-state index contributed by atoms with van der Waals surface area (Å²) in [5.74, 6) is -0.747. The van der Waals surface area contributed by atoms with Crippen molar-refractivity contribution in [1.82, 2.24) is 5.32 Å². The van der Waals surface area contributed by atoms with Crippen molar-refractivity contribution in [2.75, 3.05) is 0 Å². The highest BCUT2D eigenvalue weighted by Crippen LogP contribution is 2.26. The van der Waals surface area contributed by atoms with Gasteiger partial charge in [0.25, 0.3) is 0 Å². The third-order valence-electron chi connectivity index (χ3n) is 2.65. The maximum absolute atomic E-state index is 10.7. The van der Waals surface area contributed by atoms with E-state index in [1.165, 1.54) is 5.56 Å². The molecule has 1 heterocycles. The monoisotopic (exact) mass is 191 g/mol. The molecule has 0 saturated carbocycles. The van der Waals surface area contributed by atoms with Crippen molar-refractivity contribution in [1.29, 1.82) is 0 Å².